The molecule has 0 saturated carbocycles. The Bertz CT molecular complexity index is 1150. The van der Waals surface area contributed by atoms with E-state index in [1.807, 2.05) is 36.6 Å². The topological polar surface area (TPSA) is 45.8 Å². The normalized spacial score (nSPS) is 11.2. The van der Waals surface area contributed by atoms with E-state index in [-0.39, 0.29) is 5.56 Å². The first-order chi connectivity index (χ1) is 12.0. The van der Waals surface area contributed by atoms with E-state index >= 15 is 0 Å². The van der Waals surface area contributed by atoms with Crippen LogP contribution in [0.15, 0.2) is 52.6 Å². The van der Waals surface area contributed by atoms with Crippen molar-refractivity contribution in [3.63, 3.8) is 0 Å². The molecule has 0 aliphatic rings. The molecule has 2 aromatic carbocycles. The fraction of sp³-hybridized carbons (Fsp3) is 0.143. The summed E-state index contributed by atoms with van der Waals surface area (Å²) in [7, 11) is 0. The van der Waals surface area contributed by atoms with Crippen LogP contribution in [-0.4, -0.2) is 9.97 Å². The van der Waals surface area contributed by atoms with Gasteiger partial charge in [-0.05, 0) is 37.5 Å². The van der Waals surface area contributed by atoms with Crippen LogP contribution in [0.3, 0.4) is 0 Å². The second-order valence-corrected chi connectivity index (χ2v) is 7.24. The molecule has 0 unspecified atom stereocenters. The molecule has 2 aromatic heterocycles. The molecule has 0 saturated heterocycles. The van der Waals surface area contributed by atoms with E-state index in [4.69, 9.17) is 4.98 Å². The lowest BCUT2D eigenvalue weighted by Gasteiger charge is -2.07. The van der Waals surface area contributed by atoms with Gasteiger partial charge in [-0.3, -0.25) is 4.79 Å². The molecule has 0 aliphatic carbocycles. The Labute approximate surface area is 150 Å². The monoisotopic (exact) mass is 346 g/mol. The number of hydrogen-bond acceptors (Lipinski definition) is 3. The SMILES string of the molecule is Cc1ccc(-c2csc3nc(-c4ccccc4C)[nH]c(=O)c23)c(C)c1. The van der Waals surface area contributed by atoms with Gasteiger partial charge in [-0.25, -0.2) is 4.98 Å². The molecule has 0 atom stereocenters. The average molecular weight is 346 g/mol. The number of H-pyrrole nitrogens is 1. The van der Waals surface area contributed by atoms with Crippen molar-refractivity contribution in [2.24, 2.45) is 0 Å². The van der Waals surface area contributed by atoms with E-state index in [2.05, 4.69) is 37.0 Å². The number of aromatic nitrogens is 2. The molecule has 0 fully saturated rings. The lowest BCUT2D eigenvalue weighted by Crippen LogP contribution is -2.09. The standard InChI is InChI=1S/C21H18N2OS/c1-12-8-9-15(14(3)10-12)17-11-25-21-18(17)20(24)22-19(23-21)16-7-5-4-6-13(16)2/h4-11H,1-3H3,(H,22,23,24). The van der Waals surface area contributed by atoms with Crippen molar-refractivity contribution in [1.29, 1.82) is 0 Å². The van der Waals surface area contributed by atoms with Crippen molar-refractivity contribution in [3.05, 3.63) is 74.9 Å². The minimum atomic E-state index is -0.0838. The van der Waals surface area contributed by atoms with Gasteiger partial charge in [0.25, 0.3) is 5.56 Å². The molecule has 25 heavy (non-hydrogen) atoms. The van der Waals surface area contributed by atoms with Crippen molar-refractivity contribution in [1.82, 2.24) is 9.97 Å². The summed E-state index contributed by atoms with van der Waals surface area (Å²) in [5, 5.41) is 2.71. The number of aryl methyl sites for hydroxylation is 3. The minimum absolute atomic E-state index is 0.0838. The van der Waals surface area contributed by atoms with Gasteiger partial charge in [0.15, 0.2) is 0 Å². The first kappa shape index (κ1) is 15.8. The molecular weight excluding hydrogens is 328 g/mol. The van der Waals surface area contributed by atoms with Crippen LogP contribution in [0.4, 0.5) is 0 Å². The Kier molecular flexibility index (Phi) is 3.77. The van der Waals surface area contributed by atoms with Crippen LogP contribution in [0.25, 0.3) is 32.7 Å². The number of hydrogen-bond donors (Lipinski definition) is 1. The third kappa shape index (κ3) is 2.68. The molecule has 2 heterocycles. The Hall–Kier alpha value is -2.72. The van der Waals surface area contributed by atoms with Gasteiger partial charge in [-0.1, -0.05) is 48.0 Å². The number of nitrogens with one attached hydrogen (secondary N) is 1. The zero-order valence-corrected chi connectivity index (χ0v) is 15.2. The Balaban J connectivity index is 1.94. The van der Waals surface area contributed by atoms with Crippen LogP contribution in [0.5, 0.6) is 0 Å². The molecule has 0 aliphatic heterocycles. The predicted molar refractivity (Wildman–Crippen MR) is 105 cm³/mol. The molecule has 1 N–H and O–H groups in total. The van der Waals surface area contributed by atoms with Gasteiger partial charge in [0.2, 0.25) is 0 Å². The van der Waals surface area contributed by atoms with Gasteiger partial charge in [0.05, 0.1) is 5.39 Å². The maximum atomic E-state index is 12.8. The van der Waals surface area contributed by atoms with E-state index < -0.39 is 0 Å². The van der Waals surface area contributed by atoms with E-state index in [0.717, 1.165) is 27.1 Å². The minimum Gasteiger partial charge on any atom is -0.306 e. The fourth-order valence-corrected chi connectivity index (χ4v) is 4.17. The lowest BCUT2D eigenvalue weighted by molar-refractivity contribution is 1.18. The Morgan fingerprint density at radius 3 is 2.48 bits per heavy atom. The van der Waals surface area contributed by atoms with E-state index in [1.54, 1.807) is 0 Å². The van der Waals surface area contributed by atoms with Gasteiger partial charge in [0.1, 0.15) is 10.7 Å². The Morgan fingerprint density at radius 1 is 0.920 bits per heavy atom. The number of benzene rings is 2. The lowest BCUT2D eigenvalue weighted by atomic mass is 9.99. The van der Waals surface area contributed by atoms with Gasteiger partial charge in [0, 0.05) is 16.5 Å². The van der Waals surface area contributed by atoms with Crippen LogP contribution in [0, 0.1) is 20.8 Å². The van der Waals surface area contributed by atoms with E-state index in [0.29, 0.717) is 11.2 Å². The van der Waals surface area contributed by atoms with E-state index in [9.17, 15) is 4.79 Å². The highest BCUT2D eigenvalue weighted by atomic mass is 32.1. The summed E-state index contributed by atoms with van der Waals surface area (Å²) < 4.78 is 0. The van der Waals surface area contributed by atoms with Crippen molar-refractivity contribution in [3.8, 4) is 22.5 Å². The quantitative estimate of drug-likeness (QED) is 0.539. The smallest absolute Gasteiger partial charge is 0.260 e. The summed E-state index contributed by atoms with van der Waals surface area (Å²) in [6.45, 7) is 6.18. The summed E-state index contributed by atoms with van der Waals surface area (Å²) in [5.41, 5.74) is 6.41. The number of fused-ring (bicyclic) bond motifs is 1. The van der Waals surface area contributed by atoms with Crippen molar-refractivity contribution < 1.29 is 0 Å². The maximum Gasteiger partial charge on any atom is 0.260 e. The second-order valence-electron chi connectivity index (χ2n) is 6.38. The van der Waals surface area contributed by atoms with Crippen LogP contribution in [0.1, 0.15) is 16.7 Å². The predicted octanol–water partition coefficient (Wildman–Crippen LogP) is 5.24. The van der Waals surface area contributed by atoms with E-state index in [1.165, 1.54) is 22.5 Å². The molecule has 124 valence electrons. The summed E-state index contributed by atoms with van der Waals surface area (Å²) >= 11 is 1.52. The van der Waals surface area contributed by atoms with Gasteiger partial charge >= 0.3 is 0 Å². The first-order valence-electron chi connectivity index (χ1n) is 8.20. The molecule has 4 aromatic rings. The van der Waals surface area contributed by atoms with Crippen LogP contribution in [0.2, 0.25) is 0 Å². The van der Waals surface area contributed by atoms with Crippen molar-refractivity contribution in [2.45, 2.75) is 20.8 Å². The summed E-state index contributed by atoms with van der Waals surface area (Å²) in [6.07, 6.45) is 0. The van der Waals surface area contributed by atoms with Crippen molar-refractivity contribution >= 4 is 21.6 Å². The zero-order chi connectivity index (χ0) is 17.6. The third-order valence-electron chi connectivity index (χ3n) is 4.52. The van der Waals surface area contributed by atoms with Gasteiger partial charge in [-0.2, -0.15) is 0 Å². The highest BCUT2D eigenvalue weighted by Gasteiger charge is 2.15. The highest BCUT2D eigenvalue weighted by Crippen LogP contribution is 2.34. The molecule has 0 spiro atoms. The third-order valence-corrected chi connectivity index (χ3v) is 5.39. The van der Waals surface area contributed by atoms with Crippen LogP contribution < -0.4 is 5.56 Å². The summed E-state index contributed by atoms with van der Waals surface area (Å²) in [5.74, 6) is 0.629. The average Bonchev–Trinajstić information content (AvgIpc) is 2.99. The number of rotatable bonds is 2. The van der Waals surface area contributed by atoms with Gasteiger partial charge < -0.3 is 4.98 Å². The first-order valence-corrected chi connectivity index (χ1v) is 9.07. The zero-order valence-electron chi connectivity index (χ0n) is 14.4. The second kappa shape index (κ2) is 5.97. The van der Waals surface area contributed by atoms with Crippen LogP contribution >= 0.6 is 11.3 Å². The molecule has 0 bridgehead atoms. The number of aromatic amines is 1. The molecule has 4 rings (SSSR count). The molecular formula is C21H18N2OS. The van der Waals surface area contributed by atoms with Crippen molar-refractivity contribution in [2.75, 3.05) is 0 Å². The summed E-state index contributed by atoms with van der Waals surface area (Å²) in [6, 6.07) is 14.3. The molecule has 0 amide bonds. The van der Waals surface area contributed by atoms with Crippen LogP contribution in [-0.2, 0) is 0 Å². The maximum absolute atomic E-state index is 12.8. The largest absolute Gasteiger partial charge is 0.306 e. The summed E-state index contributed by atoms with van der Waals surface area (Å²) in [4.78, 5) is 21.3. The Morgan fingerprint density at radius 2 is 1.72 bits per heavy atom. The number of thiophene rings is 1. The highest BCUT2D eigenvalue weighted by molar-refractivity contribution is 7.17. The number of nitrogens with zero attached hydrogens (tertiary/aromatic N) is 1. The molecule has 3 nitrogen and oxygen atoms in total. The molecule has 4 heteroatoms. The molecule has 0 radical (unpaired) electrons. The fourth-order valence-electron chi connectivity index (χ4n) is 3.23. The van der Waals surface area contributed by atoms with Gasteiger partial charge in [-0.15, -0.1) is 11.3 Å².